The quantitative estimate of drug-likeness (QED) is 0.381. The molecule has 0 aliphatic carbocycles. The van der Waals surface area contributed by atoms with Crippen molar-refractivity contribution in [3.8, 4) is 11.5 Å². The van der Waals surface area contributed by atoms with Crippen LogP contribution in [0.1, 0.15) is 44.3 Å². The number of hydrogen-bond donors (Lipinski definition) is 1. The van der Waals surface area contributed by atoms with E-state index in [2.05, 4.69) is 15.5 Å². The molecule has 1 atom stereocenters. The third-order valence-electron chi connectivity index (χ3n) is 4.77. The van der Waals surface area contributed by atoms with E-state index in [1.807, 2.05) is 37.5 Å². The van der Waals surface area contributed by atoms with Gasteiger partial charge in [0.2, 0.25) is 5.91 Å². The minimum absolute atomic E-state index is 0.00538. The van der Waals surface area contributed by atoms with Crippen LogP contribution in [0.3, 0.4) is 0 Å². The van der Waals surface area contributed by atoms with Gasteiger partial charge in [-0.05, 0) is 57.2 Å². The number of ether oxygens (including phenoxy) is 2. The molecule has 1 N–H and O–H groups in total. The van der Waals surface area contributed by atoms with Crippen LogP contribution in [-0.4, -0.2) is 33.5 Å². The number of carbonyl (C=O) groups is 1. The Balaban J connectivity index is 1.66. The van der Waals surface area contributed by atoms with Crippen LogP contribution in [0.15, 0.2) is 53.7 Å². The summed E-state index contributed by atoms with van der Waals surface area (Å²) in [6, 6.07) is 11.6. The molecule has 0 fully saturated rings. The SMILES string of the molecule is COc1ccccc1OC(C)c1nnc(SCC(=O)Nc2ccc(C(F)(F)F)cc2)n1C(C)C. The largest absolute Gasteiger partial charge is 0.493 e. The topological polar surface area (TPSA) is 78.3 Å². The lowest BCUT2D eigenvalue weighted by atomic mass is 10.2. The minimum Gasteiger partial charge on any atom is -0.493 e. The van der Waals surface area contributed by atoms with Gasteiger partial charge in [0.1, 0.15) is 0 Å². The molecule has 3 rings (SSSR count). The van der Waals surface area contributed by atoms with Crippen molar-refractivity contribution in [3.05, 3.63) is 59.9 Å². The monoisotopic (exact) mass is 494 g/mol. The summed E-state index contributed by atoms with van der Waals surface area (Å²) in [6.45, 7) is 5.78. The summed E-state index contributed by atoms with van der Waals surface area (Å²) in [7, 11) is 1.56. The van der Waals surface area contributed by atoms with Gasteiger partial charge >= 0.3 is 6.18 Å². The highest BCUT2D eigenvalue weighted by molar-refractivity contribution is 7.99. The third-order valence-corrected chi connectivity index (χ3v) is 5.72. The number of nitrogens with zero attached hydrogens (tertiary/aromatic N) is 3. The van der Waals surface area contributed by atoms with Crippen molar-refractivity contribution in [2.45, 2.75) is 44.2 Å². The van der Waals surface area contributed by atoms with Gasteiger partial charge in [-0.2, -0.15) is 13.2 Å². The minimum atomic E-state index is -4.43. The molecule has 0 radical (unpaired) electrons. The molecule has 182 valence electrons. The third kappa shape index (κ3) is 6.22. The van der Waals surface area contributed by atoms with E-state index < -0.39 is 17.8 Å². The summed E-state index contributed by atoms with van der Waals surface area (Å²) in [5, 5.41) is 11.6. The van der Waals surface area contributed by atoms with Gasteiger partial charge in [-0.3, -0.25) is 4.79 Å². The van der Waals surface area contributed by atoms with E-state index in [9.17, 15) is 18.0 Å². The average Bonchev–Trinajstić information content (AvgIpc) is 3.22. The molecule has 2 aromatic carbocycles. The van der Waals surface area contributed by atoms with Crippen molar-refractivity contribution in [2.24, 2.45) is 0 Å². The number of benzene rings is 2. The number of nitrogens with one attached hydrogen (secondary N) is 1. The molecule has 1 unspecified atom stereocenters. The van der Waals surface area contributed by atoms with Gasteiger partial charge in [0.15, 0.2) is 28.6 Å². The smallest absolute Gasteiger partial charge is 0.416 e. The van der Waals surface area contributed by atoms with Crippen molar-refractivity contribution in [1.82, 2.24) is 14.8 Å². The Morgan fingerprint density at radius 2 is 1.71 bits per heavy atom. The van der Waals surface area contributed by atoms with Gasteiger partial charge in [-0.25, -0.2) is 0 Å². The second-order valence-electron chi connectivity index (χ2n) is 7.63. The van der Waals surface area contributed by atoms with Gasteiger partial charge in [0.25, 0.3) is 0 Å². The number of anilines is 1. The zero-order valence-electron chi connectivity index (χ0n) is 19.1. The molecule has 0 saturated heterocycles. The molecule has 3 aromatic rings. The summed E-state index contributed by atoms with van der Waals surface area (Å²) < 4.78 is 51.3. The molecule has 0 aliphatic heterocycles. The molecule has 0 spiro atoms. The van der Waals surface area contributed by atoms with Crippen LogP contribution in [0.4, 0.5) is 18.9 Å². The number of hydrogen-bond acceptors (Lipinski definition) is 6. The Morgan fingerprint density at radius 1 is 1.06 bits per heavy atom. The Kier molecular flexibility index (Phi) is 8.08. The Bertz CT molecular complexity index is 1120. The highest BCUT2D eigenvalue weighted by atomic mass is 32.2. The van der Waals surface area contributed by atoms with E-state index in [0.717, 1.165) is 12.1 Å². The number of thioether (sulfide) groups is 1. The van der Waals surface area contributed by atoms with E-state index >= 15 is 0 Å². The average molecular weight is 495 g/mol. The summed E-state index contributed by atoms with van der Waals surface area (Å²) in [5.41, 5.74) is -0.495. The Hall–Kier alpha value is -3.21. The normalized spacial score (nSPS) is 12.5. The van der Waals surface area contributed by atoms with Crippen LogP contribution in [0.25, 0.3) is 0 Å². The van der Waals surface area contributed by atoms with E-state index in [1.54, 1.807) is 19.2 Å². The fourth-order valence-corrected chi connectivity index (χ4v) is 4.05. The first-order valence-electron chi connectivity index (χ1n) is 10.4. The van der Waals surface area contributed by atoms with E-state index in [4.69, 9.17) is 9.47 Å². The first kappa shape index (κ1) is 25.4. The van der Waals surface area contributed by atoms with Crippen molar-refractivity contribution < 1.29 is 27.4 Å². The summed E-state index contributed by atoms with van der Waals surface area (Å²) in [5.74, 6) is 1.39. The van der Waals surface area contributed by atoms with Gasteiger partial charge in [0, 0.05) is 11.7 Å². The first-order chi connectivity index (χ1) is 16.1. The van der Waals surface area contributed by atoms with Gasteiger partial charge in [0.05, 0.1) is 18.4 Å². The number of carbonyl (C=O) groups excluding carboxylic acids is 1. The maximum absolute atomic E-state index is 12.7. The van der Waals surface area contributed by atoms with Crippen LogP contribution in [0.2, 0.25) is 0 Å². The number of rotatable bonds is 9. The predicted octanol–water partition coefficient (Wildman–Crippen LogP) is 5.76. The fraction of sp³-hybridized carbons (Fsp3) is 0.348. The second kappa shape index (κ2) is 10.8. The number of alkyl halides is 3. The molecule has 0 saturated carbocycles. The zero-order chi connectivity index (χ0) is 24.9. The van der Waals surface area contributed by atoms with Crippen LogP contribution >= 0.6 is 11.8 Å². The summed E-state index contributed by atoms with van der Waals surface area (Å²) in [6.07, 6.45) is -4.87. The van der Waals surface area contributed by atoms with Crippen molar-refractivity contribution in [2.75, 3.05) is 18.2 Å². The lowest BCUT2D eigenvalue weighted by Gasteiger charge is -2.19. The Labute approximate surface area is 199 Å². The molecule has 1 aromatic heterocycles. The number of para-hydroxylation sites is 2. The van der Waals surface area contributed by atoms with Crippen molar-refractivity contribution in [3.63, 3.8) is 0 Å². The standard InChI is InChI=1S/C23H25F3N4O3S/c1-14(2)30-21(15(3)33-19-8-6-5-7-18(19)32-4)28-29-22(30)34-13-20(31)27-17-11-9-16(10-12-17)23(24,25)26/h5-12,14-15H,13H2,1-4H3,(H,27,31). The molecule has 1 amide bonds. The molecule has 0 aliphatic rings. The lowest BCUT2D eigenvalue weighted by Crippen LogP contribution is -2.17. The predicted molar refractivity (Wildman–Crippen MR) is 123 cm³/mol. The molecule has 1 heterocycles. The molecule has 7 nitrogen and oxygen atoms in total. The van der Waals surface area contributed by atoms with E-state index in [0.29, 0.717) is 22.5 Å². The summed E-state index contributed by atoms with van der Waals surface area (Å²) >= 11 is 1.18. The van der Waals surface area contributed by atoms with Crippen molar-refractivity contribution >= 4 is 23.4 Å². The lowest BCUT2D eigenvalue weighted by molar-refractivity contribution is -0.137. The fourth-order valence-electron chi connectivity index (χ4n) is 3.18. The van der Waals surface area contributed by atoms with Crippen LogP contribution < -0.4 is 14.8 Å². The maximum Gasteiger partial charge on any atom is 0.416 e. The highest BCUT2D eigenvalue weighted by Gasteiger charge is 2.30. The van der Waals surface area contributed by atoms with E-state index in [-0.39, 0.29) is 23.4 Å². The zero-order valence-corrected chi connectivity index (χ0v) is 19.9. The first-order valence-corrected chi connectivity index (χ1v) is 11.4. The summed E-state index contributed by atoms with van der Waals surface area (Å²) in [4.78, 5) is 12.4. The molecule has 11 heteroatoms. The van der Waals surface area contributed by atoms with Crippen LogP contribution in [-0.2, 0) is 11.0 Å². The molecule has 0 bridgehead atoms. The highest BCUT2D eigenvalue weighted by Crippen LogP contribution is 2.33. The Morgan fingerprint density at radius 3 is 2.29 bits per heavy atom. The van der Waals surface area contributed by atoms with Gasteiger partial charge in [-0.1, -0.05) is 23.9 Å². The molecular weight excluding hydrogens is 469 g/mol. The van der Waals surface area contributed by atoms with Gasteiger partial charge < -0.3 is 19.4 Å². The number of methoxy groups -OCH3 is 1. The molecular formula is C23H25F3N4O3S. The van der Waals surface area contributed by atoms with Crippen molar-refractivity contribution in [1.29, 1.82) is 0 Å². The van der Waals surface area contributed by atoms with E-state index in [1.165, 1.54) is 23.9 Å². The van der Waals surface area contributed by atoms with Crippen LogP contribution in [0, 0.1) is 0 Å². The number of amides is 1. The second-order valence-corrected chi connectivity index (χ2v) is 8.57. The number of halogens is 3. The van der Waals surface area contributed by atoms with Gasteiger partial charge in [-0.15, -0.1) is 10.2 Å². The molecule has 34 heavy (non-hydrogen) atoms. The maximum atomic E-state index is 12.7. The van der Waals surface area contributed by atoms with Crippen LogP contribution in [0.5, 0.6) is 11.5 Å². The number of aromatic nitrogens is 3.